The minimum absolute atomic E-state index is 0.134. The van der Waals surface area contributed by atoms with Crippen LogP contribution in [-0.4, -0.2) is 23.3 Å². The van der Waals surface area contributed by atoms with Gasteiger partial charge in [-0.25, -0.2) is 0 Å². The molecule has 23 heavy (non-hydrogen) atoms. The van der Waals surface area contributed by atoms with E-state index in [9.17, 15) is 0 Å². The lowest BCUT2D eigenvalue weighted by Crippen LogP contribution is -2.61. The highest BCUT2D eigenvalue weighted by molar-refractivity contribution is 6.31. The maximum absolute atomic E-state index is 6.32. The van der Waals surface area contributed by atoms with Crippen LogP contribution in [0.2, 0.25) is 5.02 Å². The van der Waals surface area contributed by atoms with Crippen LogP contribution in [0.15, 0.2) is 48.7 Å². The molecule has 2 aromatic carbocycles. The van der Waals surface area contributed by atoms with Crippen LogP contribution in [0.4, 0.5) is 5.69 Å². The van der Waals surface area contributed by atoms with Gasteiger partial charge in [0, 0.05) is 29.2 Å². The van der Waals surface area contributed by atoms with Crippen molar-refractivity contribution in [1.82, 2.24) is 15.5 Å². The summed E-state index contributed by atoms with van der Waals surface area (Å²) in [6.45, 7) is 3.81. The molecule has 1 aromatic heterocycles. The molecule has 1 aliphatic rings. The van der Waals surface area contributed by atoms with Gasteiger partial charge in [0.2, 0.25) is 0 Å². The van der Waals surface area contributed by atoms with Crippen molar-refractivity contribution in [2.45, 2.75) is 12.5 Å². The first kappa shape index (κ1) is 14.4. The minimum atomic E-state index is -0.134. The molecule has 1 saturated heterocycles. The second kappa shape index (κ2) is 5.48. The highest BCUT2D eigenvalue weighted by atomic mass is 35.5. The van der Waals surface area contributed by atoms with Crippen LogP contribution in [0, 0.1) is 6.92 Å². The van der Waals surface area contributed by atoms with E-state index in [1.165, 1.54) is 5.56 Å². The third-order valence-corrected chi connectivity index (χ3v) is 4.95. The summed E-state index contributed by atoms with van der Waals surface area (Å²) in [5.74, 6) is 0. The molecule has 2 heterocycles. The van der Waals surface area contributed by atoms with Gasteiger partial charge in [-0.2, -0.15) is 10.2 Å². The number of fused-ring (bicyclic) bond motifs is 1. The van der Waals surface area contributed by atoms with Crippen molar-refractivity contribution in [3.8, 4) is 0 Å². The molecule has 0 amide bonds. The molecule has 0 saturated carbocycles. The van der Waals surface area contributed by atoms with Gasteiger partial charge in [-0.1, -0.05) is 29.8 Å². The maximum Gasteiger partial charge on any atom is 0.0950 e. The Bertz CT molecular complexity index is 874. The lowest BCUT2D eigenvalue weighted by atomic mass is 9.81. The lowest BCUT2D eigenvalue weighted by Gasteiger charge is -2.45. The Morgan fingerprint density at radius 2 is 2.04 bits per heavy atom. The fraction of sp³-hybridized carbons (Fsp3) is 0.222. The van der Waals surface area contributed by atoms with E-state index < -0.39 is 0 Å². The van der Waals surface area contributed by atoms with Crippen molar-refractivity contribution in [3.05, 3.63) is 64.8 Å². The summed E-state index contributed by atoms with van der Waals surface area (Å²) >= 11 is 6.32. The summed E-state index contributed by atoms with van der Waals surface area (Å²) in [7, 11) is 0. The fourth-order valence-corrected chi connectivity index (χ4v) is 3.36. The van der Waals surface area contributed by atoms with Crippen molar-refractivity contribution in [3.63, 3.8) is 0 Å². The van der Waals surface area contributed by atoms with Gasteiger partial charge in [0.25, 0.3) is 0 Å². The van der Waals surface area contributed by atoms with Crippen molar-refractivity contribution in [2.75, 3.05) is 18.4 Å². The molecular formula is C18H17ClN4. The second-order valence-corrected chi connectivity index (χ2v) is 6.44. The van der Waals surface area contributed by atoms with E-state index in [1.807, 2.05) is 24.3 Å². The molecule has 0 atom stereocenters. The SMILES string of the molecule is Cc1c(Cl)cccc1C1(Nc2ccc3ccnnc3c2)CNC1. The van der Waals surface area contributed by atoms with Crippen LogP contribution in [0.1, 0.15) is 11.1 Å². The first-order valence-electron chi connectivity index (χ1n) is 7.64. The molecule has 1 fully saturated rings. The van der Waals surface area contributed by atoms with Gasteiger partial charge < -0.3 is 10.6 Å². The fourth-order valence-electron chi connectivity index (χ4n) is 3.18. The molecule has 4 rings (SSSR count). The molecule has 0 aliphatic carbocycles. The van der Waals surface area contributed by atoms with Crippen LogP contribution in [-0.2, 0) is 5.54 Å². The zero-order valence-corrected chi connectivity index (χ0v) is 13.6. The highest BCUT2D eigenvalue weighted by Gasteiger charge is 2.40. The number of anilines is 1. The Hall–Kier alpha value is -2.17. The Morgan fingerprint density at radius 3 is 2.83 bits per heavy atom. The van der Waals surface area contributed by atoms with E-state index in [0.29, 0.717) is 0 Å². The Balaban J connectivity index is 1.73. The number of hydrogen-bond acceptors (Lipinski definition) is 4. The monoisotopic (exact) mass is 324 g/mol. The Labute approximate surface area is 139 Å². The average Bonchev–Trinajstić information content (AvgIpc) is 2.54. The van der Waals surface area contributed by atoms with Gasteiger partial charge in [-0.3, -0.25) is 0 Å². The third-order valence-electron chi connectivity index (χ3n) is 4.54. The van der Waals surface area contributed by atoms with E-state index in [4.69, 9.17) is 11.6 Å². The molecule has 2 N–H and O–H groups in total. The average molecular weight is 325 g/mol. The molecule has 116 valence electrons. The summed E-state index contributed by atoms with van der Waals surface area (Å²) in [4.78, 5) is 0. The Morgan fingerprint density at radius 1 is 1.17 bits per heavy atom. The topological polar surface area (TPSA) is 49.8 Å². The number of rotatable bonds is 3. The van der Waals surface area contributed by atoms with Crippen LogP contribution in [0.5, 0.6) is 0 Å². The third kappa shape index (κ3) is 2.44. The molecule has 3 aromatic rings. The van der Waals surface area contributed by atoms with Gasteiger partial charge in [0.05, 0.1) is 17.3 Å². The first-order chi connectivity index (χ1) is 11.2. The quantitative estimate of drug-likeness (QED) is 0.774. The largest absolute Gasteiger partial charge is 0.373 e. The number of aromatic nitrogens is 2. The van der Waals surface area contributed by atoms with Crippen molar-refractivity contribution in [1.29, 1.82) is 0 Å². The first-order valence-corrected chi connectivity index (χ1v) is 8.02. The molecule has 5 heteroatoms. The summed E-state index contributed by atoms with van der Waals surface area (Å²) in [5, 5.41) is 17.1. The number of hydrogen-bond donors (Lipinski definition) is 2. The van der Waals surface area contributed by atoms with Crippen LogP contribution < -0.4 is 10.6 Å². The minimum Gasteiger partial charge on any atom is -0.373 e. The zero-order chi connectivity index (χ0) is 15.9. The number of halogens is 1. The number of nitrogens with one attached hydrogen (secondary N) is 2. The molecule has 4 nitrogen and oxygen atoms in total. The summed E-state index contributed by atoms with van der Waals surface area (Å²) in [5.41, 5.74) is 4.17. The van der Waals surface area contributed by atoms with Crippen molar-refractivity contribution < 1.29 is 0 Å². The van der Waals surface area contributed by atoms with Gasteiger partial charge in [-0.05, 0) is 42.3 Å². The van der Waals surface area contributed by atoms with E-state index in [1.54, 1.807) is 6.20 Å². The van der Waals surface area contributed by atoms with Gasteiger partial charge in [0.1, 0.15) is 0 Å². The molecular weight excluding hydrogens is 308 g/mol. The molecule has 0 radical (unpaired) electrons. The van der Waals surface area contributed by atoms with Crippen molar-refractivity contribution in [2.24, 2.45) is 0 Å². The summed E-state index contributed by atoms with van der Waals surface area (Å²) in [6, 6.07) is 14.3. The van der Waals surface area contributed by atoms with Gasteiger partial charge in [-0.15, -0.1) is 0 Å². The standard InChI is InChI=1S/C18H17ClN4/c1-12-15(3-2-4-16(12)19)18(10-20-11-18)22-14-6-5-13-7-8-21-23-17(13)9-14/h2-9,20,22H,10-11H2,1H3. The smallest absolute Gasteiger partial charge is 0.0950 e. The molecule has 0 unspecified atom stereocenters. The van der Waals surface area contributed by atoms with E-state index in [2.05, 4.69) is 46.0 Å². The van der Waals surface area contributed by atoms with Crippen molar-refractivity contribution >= 4 is 28.2 Å². The zero-order valence-electron chi connectivity index (χ0n) is 12.8. The lowest BCUT2D eigenvalue weighted by molar-refractivity contribution is 0.316. The maximum atomic E-state index is 6.32. The predicted molar refractivity (Wildman–Crippen MR) is 93.9 cm³/mol. The predicted octanol–water partition coefficient (Wildman–Crippen LogP) is 3.50. The summed E-state index contributed by atoms with van der Waals surface area (Å²) < 4.78 is 0. The Kier molecular flexibility index (Phi) is 3.43. The van der Waals surface area contributed by atoms with Crippen LogP contribution >= 0.6 is 11.6 Å². The van der Waals surface area contributed by atoms with Crippen LogP contribution in [0.3, 0.4) is 0 Å². The van der Waals surface area contributed by atoms with Gasteiger partial charge >= 0.3 is 0 Å². The van der Waals surface area contributed by atoms with E-state index in [0.717, 1.165) is 40.3 Å². The number of benzene rings is 2. The summed E-state index contributed by atoms with van der Waals surface area (Å²) in [6.07, 6.45) is 1.71. The highest BCUT2D eigenvalue weighted by Crippen LogP contribution is 2.35. The molecule has 0 bridgehead atoms. The normalized spacial score (nSPS) is 16.1. The van der Waals surface area contributed by atoms with Crippen LogP contribution in [0.25, 0.3) is 10.9 Å². The second-order valence-electron chi connectivity index (χ2n) is 6.03. The van der Waals surface area contributed by atoms with E-state index in [-0.39, 0.29) is 5.54 Å². The number of nitrogens with zero attached hydrogens (tertiary/aromatic N) is 2. The van der Waals surface area contributed by atoms with Gasteiger partial charge in [0.15, 0.2) is 0 Å². The molecule has 0 spiro atoms. The van der Waals surface area contributed by atoms with E-state index >= 15 is 0 Å². The molecule has 1 aliphatic heterocycles.